The lowest BCUT2D eigenvalue weighted by Crippen LogP contribution is -2.27. The average Bonchev–Trinajstić information content (AvgIpc) is 2.81. The first kappa shape index (κ1) is 16.2. The lowest BCUT2D eigenvalue weighted by Gasteiger charge is -2.18. The minimum atomic E-state index is -4.80. The number of nitrogens with two attached hydrogens (primary N) is 1. The zero-order chi connectivity index (χ0) is 16.5. The van der Waals surface area contributed by atoms with Crippen molar-refractivity contribution < 1.29 is 26.6 Å². The van der Waals surface area contributed by atoms with Gasteiger partial charge in [-0.05, 0) is 25.1 Å². The molecule has 0 bridgehead atoms. The SMILES string of the molecule is CCOC(=O)c1ccc(N2CC(S(=O)(=O)F)CC2=O)c(N)c1. The van der Waals surface area contributed by atoms with Crippen LogP contribution >= 0.6 is 0 Å². The van der Waals surface area contributed by atoms with E-state index in [1.54, 1.807) is 6.92 Å². The smallest absolute Gasteiger partial charge is 0.338 e. The van der Waals surface area contributed by atoms with Crippen molar-refractivity contribution in [3.8, 4) is 0 Å². The second-order valence-corrected chi connectivity index (χ2v) is 6.42. The van der Waals surface area contributed by atoms with Crippen LogP contribution in [0.5, 0.6) is 0 Å². The molecule has 0 radical (unpaired) electrons. The van der Waals surface area contributed by atoms with E-state index >= 15 is 0 Å². The van der Waals surface area contributed by atoms with E-state index < -0.39 is 33.8 Å². The number of ether oxygens (including phenoxy) is 1. The van der Waals surface area contributed by atoms with E-state index in [9.17, 15) is 21.9 Å². The monoisotopic (exact) mass is 330 g/mol. The van der Waals surface area contributed by atoms with Crippen LogP contribution in [0, 0.1) is 0 Å². The van der Waals surface area contributed by atoms with Crippen molar-refractivity contribution in [3.63, 3.8) is 0 Å². The van der Waals surface area contributed by atoms with Crippen LogP contribution in [0.3, 0.4) is 0 Å². The molecule has 0 spiro atoms. The van der Waals surface area contributed by atoms with Gasteiger partial charge in [-0.3, -0.25) is 4.79 Å². The predicted molar refractivity (Wildman–Crippen MR) is 77.6 cm³/mol. The number of hydrogen-bond donors (Lipinski definition) is 1. The van der Waals surface area contributed by atoms with E-state index in [4.69, 9.17) is 10.5 Å². The summed E-state index contributed by atoms with van der Waals surface area (Å²) in [5, 5.41) is -1.40. The Morgan fingerprint density at radius 2 is 2.18 bits per heavy atom. The molecule has 1 saturated heterocycles. The fourth-order valence-electron chi connectivity index (χ4n) is 2.24. The molecule has 1 aromatic carbocycles. The van der Waals surface area contributed by atoms with Crippen molar-refractivity contribution in [1.29, 1.82) is 0 Å². The van der Waals surface area contributed by atoms with Crippen LogP contribution in [0.1, 0.15) is 23.7 Å². The van der Waals surface area contributed by atoms with E-state index in [1.807, 2.05) is 0 Å². The van der Waals surface area contributed by atoms with Gasteiger partial charge < -0.3 is 15.4 Å². The zero-order valence-electron chi connectivity index (χ0n) is 11.8. The summed E-state index contributed by atoms with van der Waals surface area (Å²) in [6.45, 7) is 1.57. The van der Waals surface area contributed by atoms with Gasteiger partial charge in [0.1, 0.15) is 5.25 Å². The summed E-state index contributed by atoms with van der Waals surface area (Å²) in [5.41, 5.74) is 6.37. The van der Waals surface area contributed by atoms with E-state index in [-0.39, 0.29) is 30.1 Å². The minimum absolute atomic E-state index is 0.107. The molecule has 1 unspecified atom stereocenters. The quantitative estimate of drug-likeness (QED) is 0.498. The Bertz CT molecular complexity index is 719. The summed E-state index contributed by atoms with van der Waals surface area (Å²) < 4.78 is 39.7. The summed E-state index contributed by atoms with van der Waals surface area (Å²) in [5.74, 6) is -1.10. The minimum Gasteiger partial charge on any atom is -0.462 e. The van der Waals surface area contributed by atoms with Gasteiger partial charge in [0.25, 0.3) is 0 Å². The Labute approximate surface area is 127 Å². The molecule has 1 aliphatic heterocycles. The third-order valence-corrected chi connectivity index (χ3v) is 4.43. The first-order valence-electron chi connectivity index (χ1n) is 6.54. The number of rotatable bonds is 4. The third-order valence-electron chi connectivity index (χ3n) is 3.32. The van der Waals surface area contributed by atoms with Gasteiger partial charge in [0.2, 0.25) is 5.91 Å². The number of carbonyl (C=O) groups is 2. The Balaban J connectivity index is 2.27. The molecule has 1 amide bonds. The van der Waals surface area contributed by atoms with Gasteiger partial charge in [0, 0.05) is 13.0 Å². The average molecular weight is 330 g/mol. The van der Waals surface area contributed by atoms with Gasteiger partial charge in [-0.25, -0.2) is 4.79 Å². The molecule has 1 aromatic rings. The summed E-state index contributed by atoms with van der Waals surface area (Å²) >= 11 is 0. The van der Waals surface area contributed by atoms with Crippen molar-refractivity contribution in [2.75, 3.05) is 23.8 Å². The van der Waals surface area contributed by atoms with Gasteiger partial charge >= 0.3 is 16.2 Å². The van der Waals surface area contributed by atoms with Crippen LogP contribution in [0.25, 0.3) is 0 Å². The van der Waals surface area contributed by atoms with Gasteiger partial charge in [-0.15, -0.1) is 3.89 Å². The maximum Gasteiger partial charge on any atom is 0.338 e. The van der Waals surface area contributed by atoms with Crippen molar-refractivity contribution in [3.05, 3.63) is 23.8 Å². The molecule has 0 aromatic heterocycles. The molecule has 9 heteroatoms. The van der Waals surface area contributed by atoms with Gasteiger partial charge in [0.05, 0.1) is 23.5 Å². The van der Waals surface area contributed by atoms with Crippen molar-refractivity contribution in [1.82, 2.24) is 0 Å². The fourth-order valence-corrected chi connectivity index (χ4v) is 2.91. The van der Waals surface area contributed by atoms with Crippen LogP contribution in [0.2, 0.25) is 0 Å². The van der Waals surface area contributed by atoms with Gasteiger partial charge in [-0.2, -0.15) is 8.42 Å². The lowest BCUT2D eigenvalue weighted by atomic mass is 10.1. The maximum absolute atomic E-state index is 13.0. The summed E-state index contributed by atoms with van der Waals surface area (Å²) in [7, 11) is -4.80. The number of hydrogen-bond acceptors (Lipinski definition) is 6. The number of carbonyl (C=O) groups excluding carboxylic acids is 2. The standard InChI is InChI=1S/C13H15FN2O5S/c1-2-21-13(18)8-3-4-11(10(15)5-8)16-7-9(6-12(16)17)22(14,19)20/h3-5,9H,2,6-7,15H2,1H3. The molecular formula is C13H15FN2O5S. The summed E-state index contributed by atoms with van der Waals surface area (Å²) in [6.07, 6.45) is -0.433. The number of nitrogen functional groups attached to an aromatic ring is 1. The summed E-state index contributed by atoms with van der Waals surface area (Å²) in [4.78, 5) is 24.5. The number of esters is 1. The maximum atomic E-state index is 13.0. The molecule has 1 atom stereocenters. The van der Waals surface area contributed by atoms with E-state index in [1.165, 1.54) is 18.2 Å². The first-order chi connectivity index (χ1) is 10.2. The predicted octanol–water partition coefficient (Wildman–Crippen LogP) is 0.850. The zero-order valence-corrected chi connectivity index (χ0v) is 12.6. The highest BCUT2D eigenvalue weighted by atomic mass is 32.3. The van der Waals surface area contributed by atoms with Crippen molar-refractivity contribution in [2.45, 2.75) is 18.6 Å². The number of anilines is 2. The number of halogens is 1. The van der Waals surface area contributed by atoms with Crippen LogP contribution < -0.4 is 10.6 Å². The van der Waals surface area contributed by atoms with Crippen molar-refractivity contribution in [2.24, 2.45) is 0 Å². The largest absolute Gasteiger partial charge is 0.462 e. The highest BCUT2D eigenvalue weighted by Crippen LogP contribution is 2.31. The highest BCUT2D eigenvalue weighted by Gasteiger charge is 2.39. The van der Waals surface area contributed by atoms with E-state index in [0.717, 1.165) is 4.90 Å². The molecule has 22 heavy (non-hydrogen) atoms. The number of amides is 1. The van der Waals surface area contributed by atoms with E-state index in [2.05, 4.69) is 0 Å². The molecular weight excluding hydrogens is 315 g/mol. The van der Waals surface area contributed by atoms with Crippen LogP contribution in [0.4, 0.5) is 15.3 Å². The molecule has 0 saturated carbocycles. The summed E-state index contributed by atoms with van der Waals surface area (Å²) in [6, 6.07) is 4.15. The molecule has 7 nitrogen and oxygen atoms in total. The van der Waals surface area contributed by atoms with Crippen LogP contribution in [-0.2, 0) is 19.8 Å². The second kappa shape index (κ2) is 5.91. The molecule has 1 aliphatic rings. The Morgan fingerprint density at radius 1 is 1.50 bits per heavy atom. The lowest BCUT2D eigenvalue weighted by molar-refractivity contribution is -0.117. The molecule has 0 aliphatic carbocycles. The van der Waals surface area contributed by atoms with Crippen LogP contribution in [-0.4, -0.2) is 38.7 Å². The van der Waals surface area contributed by atoms with Crippen molar-refractivity contribution >= 4 is 33.5 Å². The van der Waals surface area contributed by atoms with Gasteiger partial charge in [-0.1, -0.05) is 0 Å². The first-order valence-corrected chi connectivity index (χ1v) is 7.99. The topological polar surface area (TPSA) is 107 Å². The molecule has 1 fully saturated rings. The normalized spacial score (nSPS) is 18.5. The fraction of sp³-hybridized carbons (Fsp3) is 0.385. The number of benzene rings is 1. The van der Waals surface area contributed by atoms with Crippen LogP contribution in [0.15, 0.2) is 18.2 Å². The Morgan fingerprint density at radius 3 is 2.68 bits per heavy atom. The van der Waals surface area contributed by atoms with E-state index in [0.29, 0.717) is 0 Å². The molecule has 120 valence electrons. The number of nitrogens with zero attached hydrogens (tertiary/aromatic N) is 1. The third kappa shape index (κ3) is 3.19. The molecule has 2 rings (SSSR count). The molecule has 2 N–H and O–H groups in total. The second-order valence-electron chi connectivity index (χ2n) is 4.80. The highest BCUT2D eigenvalue weighted by molar-refractivity contribution is 7.87. The Hall–Kier alpha value is -2.16. The Kier molecular flexibility index (Phi) is 4.36. The van der Waals surface area contributed by atoms with Gasteiger partial charge in [0.15, 0.2) is 0 Å². The molecule has 1 heterocycles.